The molecule has 38 heavy (non-hydrogen) atoms. The van der Waals surface area contributed by atoms with Crippen LogP contribution < -0.4 is 21.7 Å². The average molecular weight is 538 g/mol. The van der Waals surface area contributed by atoms with Crippen molar-refractivity contribution >= 4 is 45.1 Å². The molecule has 0 fully saturated rings. The number of amides is 1. The predicted molar refractivity (Wildman–Crippen MR) is 143 cm³/mol. The zero-order valence-corrected chi connectivity index (χ0v) is 20.6. The topological polar surface area (TPSA) is 109 Å². The molecule has 0 saturated heterocycles. The van der Waals surface area contributed by atoms with Crippen LogP contribution in [0.15, 0.2) is 78.4 Å². The number of pyridine rings is 1. The number of alkyl halides is 3. The Labute approximate surface area is 219 Å². The smallest absolute Gasteiger partial charge is 0.397 e. The van der Waals surface area contributed by atoms with E-state index in [0.29, 0.717) is 44.7 Å². The van der Waals surface area contributed by atoms with E-state index in [2.05, 4.69) is 25.9 Å². The van der Waals surface area contributed by atoms with Crippen molar-refractivity contribution < 1.29 is 18.0 Å². The average Bonchev–Trinajstić information content (AvgIpc) is 3.51. The zero-order valence-electron chi connectivity index (χ0n) is 19.8. The van der Waals surface area contributed by atoms with Gasteiger partial charge in [0, 0.05) is 29.4 Å². The van der Waals surface area contributed by atoms with Crippen molar-refractivity contribution in [2.45, 2.75) is 12.7 Å². The number of hydrogen-bond acceptors (Lipinski definition) is 7. The van der Waals surface area contributed by atoms with Crippen molar-refractivity contribution in [3.63, 3.8) is 0 Å². The van der Waals surface area contributed by atoms with Gasteiger partial charge in [-0.1, -0.05) is 18.2 Å². The minimum Gasteiger partial charge on any atom is -0.397 e. The molecule has 0 atom stereocenters. The number of imidazole rings is 1. The molecule has 8 nitrogen and oxygen atoms in total. The van der Waals surface area contributed by atoms with Crippen LogP contribution in [0.25, 0.3) is 17.0 Å². The summed E-state index contributed by atoms with van der Waals surface area (Å²) < 4.78 is 39.1. The van der Waals surface area contributed by atoms with Crippen LogP contribution in [0.4, 0.5) is 35.4 Å². The minimum atomic E-state index is -4.27. The van der Waals surface area contributed by atoms with Gasteiger partial charge < -0.3 is 21.7 Å². The lowest BCUT2D eigenvalue weighted by molar-refractivity contribution is -0.125. The molecule has 2 aromatic carbocycles. The summed E-state index contributed by atoms with van der Waals surface area (Å²) in [5, 5.41) is 10.9. The Morgan fingerprint density at radius 2 is 1.84 bits per heavy atom. The second-order valence-electron chi connectivity index (χ2n) is 8.41. The van der Waals surface area contributed by atoms with Gasteiger partial charge in [-0.2, -0.15) is 13.2 Å². The van der Waals surface area contributed by atoms with Crippen LogP contribution in [0.2, 0.25) is 0 Å². The Balaban J connectivity index is 1.26. The lowest BCUT2D eigenvalue weighted by Crippen LogP contribution is -2.28. The first-order valence-electron chi connectivity index (χ1n) is 11.5. The van der Waals surface area contributed by atoms with Crippen LogP contribution in [0.5, 0.6) is 0 Å². The first-order chi connectivity index (χ1) is 18.2. The van der Waals surface area contributed by atoms with E-state index >= 15 is 0 Å². The van der Waals surface area contributed by atoms with E-state index in [9.17, 15) is 18.0 Å². The summed E-state index contributed by atoms with van der Waals surface area (Å²) in [6.45, 7) is -0.986. The summed E-state index contributed by atoms with van der Waals surface area (Å²) in [5.41, 5.74) is 10.9. The Morgan fingerprint density at radius 1 is 1.05 bits per heavy atom. The van der Waals surface area contributed by atoms with Crippen LogP contribution in [-0.4, -0.2) is 33.0 Å². The van der Waals surface area contributed by atoms with Gasteiger partial charge in [0.25, 0.3) is 5.91 Å². The van der Waals surface area contributed by atoms with Gasteiger partial charge in [-0.15, -0.1) is 11.3 Å². The monoisotopic (exact) mass is 537 g/mol. The number of fused-ring (bicyclic) bond motifs is 1. The molecule has 194 valence electrons. The second-order valence-corrected chi connectivity index (χ2v) is 9.27. The van der Waals surface area contributed by atoms with E-state index < -0.39 is 12.7 Å². The van der Waals surface area contributed by atoms with Crippen molar-refractivity contribution in [1.29, 1.82) is 0 Å². The number of halogens is 3. The van der Waals surface area contributed by atoms with E-state index in [0.717, 1.165) is 5.69 Å². The van der Waals surface area contributed by atoms with Crippen LogP contribution in [0.3, 0.4) is 0 Å². The minimum absolute atomic E-state index is 0.0731. The van der Waals surface area contributed by atoms with Gasteiger partial charge in [0.2, 0.25) is 0 Å². The van der Waals surface area contributed by atoms with Gasteiger partial charge in [0.1, 0.15) is 11.3 Å². The molecular weight excluding hydrogens is 515 g/mol. The highest BCUT2D eigenvalue weighted by Crippen LogP contribution is 2.28. The molecule has 0 radical (unpaired) electrons. The summed E-state index contributed by atoms with van der Waals surface area (Å²) in [6, 6.07) is 17.5. The number of nitrogens with zero attached hydrogens (tertiary/aromatic N) is 3. The lowest BCUT2D eigenvalue weighted by Gasteiger charge is -2.09. The van der Waals surface area contributed by atoms with Gasteiger partial charge >= 0.3 is 6.18 Å². The number of aromatic nitrogens is 3. The number of thiazole rings is 1. The number of para-hydroxylation sites is 2. The molecule has 3 aromatic heterocycles. The summed E-state index contributed by atoms with van der Waals surface area (Å²) in [4.78, 5) is 21.6. The van der Waals surface area contributed by atoms with Gasteiger partial charge in [-0.05, 0) is 48.0 Å². The molecule has 0 aliphatic rings. The molecule has 1 amide bonds. The molecule has 0 saturated carbocycles. The van der Waals surface area contributed by atoms with E-state index in [1.165, 1.54) is 11.3 Å². The third-order valence-corrected chi connectivity index (χ3v) is 6.35. The van der Waals surface area contributed by atoms with E-state index in [-0.39, 0.29) is 12.5 Å². The van der Waals surface area contributed by atoms with Gasteiger partial charge in [0.15, 0.2) is 5.13 Å². The third-order valence-electron chi connectivity index (χ3n) is 5.60. The molecular formula is C26H22F3N7OS. The van der Waals surface area contributed by atoms with Crippen molar-refractivity contribution in [3.8, 4) is 11.4 Å². The number of rotatable bonds is 8. The highest BCUT2D eigenvalue weighted by atomic mass is 32.1. The normalized spacial score (nSPS) is 11.6. The molecule has 12 heteroatoms. The van der Waals surface area contributed by atoms with Crippen molar-refractivity contribution in [3.05, 3.63) is 89.6 Å². The molecule has 5 aromatic rings. The number of anilines is 4. The molecule has 5 N–H and O–H groups in total. The van der Waals surface area contributed by atoms with E-state index in [1.54, 1.807) is 77.5 Å². The lowest BCUT2D eigenvalue weighted by atomic mass is 10.2. The molecule has 0 spiro atoms. The van der Waals surface area contributed by atoms with Crippen molar-refractivity contribution in [2.24, 2.45) is 0 Å². The fraction of sp³-hybridized carbons (Fsp3) is 0.115. The number of carbonyl (C=O) groups excluding carboxylic acids is 1. The zero-order chi connectivity index (χ0) is 26.7. The van der Waals surface area contributed by atoms with Crippen molar-refractivity contribution in [2.75, 3.05) is 22.9 Å². The first kappa shape index (κ1) is 25.2. The first-order valence-corrected chi connectivity index (χ1v) is 12.4. The standard InChI is InChI=1S/C26H22F3N7OS/c27-26(28,29)15-31-11-16-5-10-23-32-12-22(36(23)13-16)21-14-38-25(35-21)33-18-8-6-17(7-9-18)24(37)34-20-4-2-1-3-19(20)30/h1-10,12-14,31H,11,15,30H2,(H,33,35)(H,34,37). The van der Waals surface area contributed by atoms with Crippen LogP contribution in [0, 0.1) is 0 Å². The Morgan fingerprint density at radius 3 is 2.61 bits per heavy atom. The number of benzene rings is 2. The van der Waals surface area contributed by atoms with E-state index in [4.69, 9.17) is 5.73 Å². The number of nitrogens with one attached hydrogen (secondary N) is 3. The molecule has 0 unspecified atom stereocenters. The maximum Gasteiger partial charge on any atom is 0.401 e. The fourth-order valence-corrected chi connectivity index (χ4v) is 4.47. The summed E-state index contributed by atoms with van der Waals surface area (Å²) in [7, 11) is 0. The summed E-state index contributed by atoms with van der Waals surface area (Å²) in [6.07, 6.45) is -0.841. The predicted octanol–water partition coefficient (Wildman–Crippen LogP) is 5.69. The third kappa shape index (κ3) is 5.93. The van der Waals surface area contributed by atoms with Gasteiger partial charge in [-0.25, -0.2) is 9.97 Å². The fourth-order valence-electron chi connectivity index (χ4n) is 3.75. The number of nitrogens with two attached hydrogens (primary N) is 1. The maximum absolute atomic E-state index is 12.5. The second kappa shape index (κ2) is 10.5. The van der Waals surface area contributed by atoms with Gasteiger partial charge in [0.05, 0.1) is 29.8 Å². The van der Waals surface area contributed by atoms with Crippen LogP contribution in [0.1, 0.15) is 15.9 Å². The Hall–Kier alpha value is -4.42. The van der Waals surface area contributed by atoms with E-state index in [1.807, 2.05) is 5.38 Å². The Kier molecular flexibility index (Phi) is 6.99. The molecule has 0 aliphatic heterocycles. The van der Waals surface area contributed by atoms with Crippen LogP contribution in [-0.2, 0) is 6.54 Å². The number of carbonyl (C=O) groups is 1. The highest BCUT2D eigenvalue weighted by molar-refractivity contribution is 7.14. The molecule has 3 heterocycles. The molecule has 0 aliphatic carbocycles. The molecule has 5 rings (SSSR count). The van der Waals surface area contributed by atoms with Gasteiger partial charge in [-0.3, -0.25) is 9.20 Å². The summed E-state index contributed by atoms with van der Waals surface area (Å²) in [5.74, 6) is -0.272. The SMILES string of the molecule is Nc1ccccc1NC(=O)c1ccc(Nc2nc(-c3cnc4ccc(CNCC(F)(F)F)cn34)cs2)cc1. The maximum atomic E-state index is 12.5. The largest absolute Gasteiger partial charge is 0.401 e. The number of nitrogen functional groups attached to an aromatic ring is 1. The number of hydrogen-bond donors (Lipinski definition) is 4. The Bertz CT molecular complexity index is 1580. The highest BCUT2D eigenvalue weighted by Gasteiger charge is 2.26. The van der Waals surface area contributed by atoms with Crippen molar-refractivity contribution in [1.82, 2.24) is 19.7 Å². The van der Waals surface area contributed by atoms with Crippen LogP contribution >= 0.6 is 11.3 Å². The molecule has 0 bridgehead atoms. The summed E-state index contributed by atoms with van der Waals surface area (Å²) >= 11 is 1.39. The quantitative estimate of drug-likeness (QED) is 0.190.